The summed E-state index contributed by atoms with van der Waals surface area (Å²) >= 11 is 6.17. The lowest BCUT2D eigenvalue weighted by Crippen LogP contribution is -2.11. The molecule has 0 aliphatic rings. The van der Waals surface area contributed by atoms with Crippen LogP contribution in [0.4, 0.5) is 0 Å². The van der Waals surface area contributed by atoms with Crippen molar-refractivity contribution < 1.29 is 9.53 Å². The van der Waals surface area contributed by atoms with Crippen molar-refractivity contribution in [2.45, 2.75) is 20.5 Å². The van der Waals surface area contributed by atoms with E-state index in [1.54, 1.807) is 28.4 Å². The smallest absolute Gasteiger partial charge is 0.359 e. The molecule has 0 fully saturated rings. The minimum Gasteiger partial charge on any atom is -0.453 e. The van der Waals surface area contributed by atoms with E-state index in [-0.39, 0.29) is 12.3 Å². The predicted octanol–water partition coefficient (Wildman–Crippen LogP) is 2.63. The number of hydrogen-bond donors (Lipinski definition) is 0. The second-order valence-electron chi connectivity index (χ2n) is 5.36. The van der Waals surface area contributed by atoms with E-state index < -0.39 is 5.97 Å². The van der Waals surface area contributed by atoms with Crippen LogP contribution in [-0.2, 0) is 18.4 Å². The van der Waals surface area contributed by atoms with Gasteiger partial charge in [0.15, 0.2) is 18.1 Å². The maximum absolute atomic E-state index is 12.3. The minimum absolute atomic E-state index is 0.0363. The monoisotopic (exact) mass is 345 g/mol. The molecular formula is C16H16ClN5O2. The van der Waals surface area contributed by atoms with Gasteiger partial charge in [0.2, 0.25) is 0 Å². The second kappa shape index (κ2) is 6.45. The number of carbonyl (C=O) groups excluding carboxylic acids is 1. The molecule has 7 nitrogen and oxygen atoms in total. The Labute approximate surface area is 143 Å². The van der Waals surface area contributed by atoms with E-state index in [4.69, 9.17) is 16.3 Å². The third kappa shape index (κ3) is 3.03. The van der Waals surface area contributed by atoms with Crippen LogP contribution in [0.15, 0.2) is 30.5 Å². The molecule has 0 bridgehead atoms. The summed E-state index contributed by atoms with van der Waals surface area (Å²) in [5.41, 5.74) is 1.65. The number of hydrogen-bond acceptors (Lipinski definition) is 5. The zero-order chi connectivity index (χ0) is 17.3. The molecule has 24 heavy (non-hydrogen) atoms. The molecule has 0 radical (unpaired) electrons. The number of rotatable bonds is 4. The molecule has 0 spiro atoms. The average Bonchev–Trinajstić information content (AvgIpc) is 3.10. The number of ether oxygens (including phenoxy) is 1. The quantitative estimate of drug-likeness (QED) is 0.679. The zero-order valence-electron chi connectivity index (χ0n) is 13.5. The van der Waals surface area contributed by atoms with Gasteiger partial charge < -0.3 is 9.30 Å². The lowest BCUT2D eigenvalue weighted by atomic mass is 10.3. The van der Waals surface area contributed by atoms with E-state index in [1.165, 1.54) is 0 Å². The van der Waals surface area contributed by atoms with Gasteiger partial charge in [-0.2, -0.15) is 5.10 Å². The van der Waals surface area contributed by atoms with Gasteiger partial charge in [-0.15, -0.1) is 10.2 Å². The van der Waals surface area contributed by atoms with E-state index in [2.05, 4.69) is 15.3 Å². The molecule has 2 heterocycles. The molecule has 3 rings (SSSR count). The lowest BCUT2D eigenvalue weighted by Gasteiger charge is -2.04. The Bertz CT molecular complexity index is 900. The van der Waals surface area contributed by atoms with Gasteiger partial charge in [-0.1, -0.05) is 23.7 Å². The number of halogens is 1. The van der Waals surface area contributed by atoms with Gasteiger partial charge in [-0.25, -0.2) is 9.48 Å². The maximum atomic E-state index is 12.3. The highest BCUT2D eigenvalue weighted by molar-refractivity contribution is 6.32. The molecule has 0 N–H and O–H groups in total. The number of carbonyl (C=O) groups is 1. The fourth-order valence-electron chi connectivity index (χ4n) is 2.20. The minimum atomic E-state index is -0.515. The van der Waals surface area contributed by atoms with Crippen molar-refractivity contribution in [1.82, 2.24) is 24.5 Å². The van der Waals surface area contributed by atoms with E-state index in [9.17, 15) is 4.79 Å². The largest absolute Gasteiger partial charge is 0.453 e. The number of aryl methyl sites for hydroxylation is 2. The highest BCUT2D eigenvalue weighted by atomic mass is 35.5. The fourth-order valence-corrected chi connectivity index (χ4v) is 2.42. The van der Waals surface area contributed by atoms with Crippen LogP contribution in [0.5, 0.6) is 0 Å². The van der Waals surface area contributed by atoms with Crippen molar-refractivity contribution in [3.63, 3.8) is 0 Å². The predicted molar refractivity (Wildman–Crippen MR) is 88.2 cm³/mol. The van der Waals surface area contributed by atoms with Gasteiger partial charge in [-0.3, -0.25) is 0 Å². The lowest BCUT2D eigenvalue weighted by molar-refractivity contribution is 0.0450. The summed E-state index contributed by atoms with van der Waals surface area (Å²) in [6.45, 7) is 3.66. The normalized spacial score (nSPS) is 10.8. The molecule has 124 valence electrons. The summed E-state index contributed by atoms with van der Waals surface area (Å²) in [5.74, 6) is 0.809. The molecule has 0 amide bonds. The van der Waals surface area contributed by atoms with Crippen molar-refractivity contribution in [3.8, 4) is 5.69 Å². The Morgan fingerprint density at radius 2 is 2.00 bits per heavy atom. The first-order chi connectivity index (χ1) is 11.5. The molecule has 0 saturated heterocycles. The number of nitrogens with zero attached hydrogens (tertiary/aromatic N) is 5. The van der Waals surface area contributed by atoms with Gasteiger partial charge in [0.25, 0.3) is 0 Å². The Morgan fingerprint density at radius 3 is 2.67 bits per heavy atom. The Balaban J connectivity index is 1.79. The van der Waals surface area contributed by atoms with Crippen molar-refractivity contribution in [2.75, 3.05) is 0 Å². The molecular weight excluding hydrogens is 330 g/mol. The van der Waals surface area contributed by atoms with Crippen LogP contribution in [-0.4, -0.2) is 30.5 Å². The number of benzene rings is 1. The van der Waals surface area contributed by atoms with Crippen LogP contribution in [0, 0.1) is 13.8 Å². The first-order valence-electron chi connectivity index (χ1n) is 7.30. The SMILES string of the molecule is Cc1cn(-c2ccccc2Cl)nc1C(=O)OCc1nnc(C)n1C. The zero-order valence-corrected chi connectivity index (χ0v) is 14.3. The molecule has 0 atom stereocenters. The molecule has 0 aliphatic carbocycles. The summed E-state index contributed by atoms with van der Waals surface area (Å²) in [6.07, 6.45) is 1.74. The summed E-state index contributed by atoms with van der Waals surface area (Å²) in [6, 6.07) is 7.28. The second-order valence-corrected chi connectivity index (χ2v) is 5.76. The van der Waals surface area contributed by atoms with Crippen molar-refractivity contribution in [2.24, 2.45) is 7.05 Å². The third-order valence-corrected chi connectivity index (χ3v) is 4.02. The molecule has 0 saturated carbocycles. The molecule has 8 heteroatoms. The van der Waals surface area contributed by atoms with Gasteiger partial charge >= 0.3 is 5.97 Å². The van der Waals surface area contributed by atoms with E-state index in [0.717, 1.165) is 5.82 Å². The van der Waals surface area contributed by atoms with Crippen LogP contribution in [0.2, 0.25) is 5.02 Å². The Kier molecular flexibility index (Phi) is 4.35. The maximum Gasteiger partial charge on any atom is 0.359 e. The van der Waals surface area contributed by atoms with Crippen LogP contribution in [0.25, 0.3) is 5.69 Å². The van der Waals surface area contributed by atoms with Crippen molar-refractivity contribution >= 4 is 17.6 Å². The van der Waals surface area contributed by atoms with Gasteiger partial charge in [-0.05, 0) is 26.0 Å². The Hall–Kier alpha value is -2.67. The highest BCUT2D eigenvalue weighted by Crippen LogP contribution is 2.20. The third-order valence-electron chi connectivity index (χ3n) is 3.70. The summed E-state index contributed by atoms with van der Waals surface area (Å²) < 4.78 is 8.63. The van der Waals surface area contributed by atoms with Gasteiger partial charge in [0.05, 0.1) is 10.7 Å². The first-order valence-corrected chi connectivity index (χ1v) is 7.68. The molecule has 3 aromatic rings. The molecule has 2 aromatic heterocycles. The molecule has 1 aromatic carbocycles. The number of esters is 1. The number of para-hydroxylation sites is 1. The van der Waals surface area contributed by atoms with E-state index in [1.807, 2.05) is 32.2 Å². The summed E-state index contributed by atoms with van der Waals surface area (Å²) in [7, 11) is 1.82. The van der Waals surface area contributed by atoms with E-state index in [0.29, 0.717) is 22.1 Å². The topological polar surface area (TPSA) is 74.8 Å². The van der Waals surface area contributed by atoms with Crippen molar-refractivity contribution in [1.29, 1.82) is 0 Å². The van der Waals surface area contributed by atoms with Crippen LogP contribution in [0.1, 0.15) is 27.7 Å². The van der Waals surface area contributed by atoms with Crippen LogP contribution < -0.4 is 0 Å². The van der Waals surface area contributed by atoms with Crippen LogP contribution >= 0.6 is 11.6 Å². The fraction of sp³-hybridized carbons (Fsp3) is 0.250. The van der Waals surface area contributed by atoms with Crippen LogP contribution in [0.3, 0.4) is 0 Å². The van der Waals surface area contributed by atoms with Gasteiger partial charge in [0.1, 0.15) is 5.82 Å². The summed E-state index contributed by atoms with van der Waals surface area (Å²) in [5, 5.41) is 12.7. The van der Waals surface area contributed by atoms with Crippen molar-refractivity contribution in [3.05, 3.63) is 58.4 Å². The van der Waals surface area contributed by atoms with Gasteiger partial charge in [0, 0.05) is 18.8 Å². The standard InChI is InChI=1S/C16H16ClN5O2/c1-10-8-22(13-7-5-4-6-12(13)17)20-15(10)16(23)24-9-14-19-18-11(2)21(14)3/h4-8H,9H2,1-3H3. The first kappa shape index (κ1) is 16.2. The molecule has 0 aliphatic heterocycles. The average molecular weight is 346 g/mol. The number of aromatic nitrogens is 5. The Morgan fingerprint density at radius 1 is 1.25 bits per heavy atom. The highest BCUT2D eigenvalue weighted by Gasteiger charge is 2.18. The molecule has 0 unspecified atom stereocenters. The van der Waals surface area contributed by atoms with E-state index >= 15 is 0 Å². The summed E-state index contributed by atoms with van der Waals surface area (Å²) in [4.78, 5) is 12.3.